The van der Waals surface area contributed by atoms with Crippen molar-refractivity contribution in [1.82, 2.24) is 0 Å². The van der Waals surface area contributed by atoms with Gasteiger partial charge in [-0.05, 0) is 48.5 Å². The molecule has 0 aliphatic carbocycles. The van der Waals surface area contributed by atoms with Gasteiger partial charge >= 0.3 is 11.4 Å². The molecule has 4 rings (SSSR count). The maximum atomic E-state index is 6.21. The van der Waals surface area contributed by atoms with E-state index in [1.807, 2.05) is 121 Å². The van der Waals surface area contributed by atoms with Crippen molar-refractivity contribution in [3.8, 4) is 23.0 Å². The van der Waals surface area contributed by atoms with E-state index in [1.165, 1.54) is 20.8 Å². The van der Waals surface area contributed by atoms with Crippen molar-refractivity contribution in [2.24, 2.45) is 0 Å². The molecule has 4 aromatic rings. The molecule has 10 heteroatoms. The summed E-state index contributed by atoms with van der Waals surface area (Å²) in [7, 11) is 2.50. The van der Waals surface area contributed by atoms with E-state index in [1.54, 1.807) is 0 Å². The zero-order valence-electron chi connectivity index (χ0n) is 17.7. The lowest BCUT2D eigenvalue weighted by Crippen LogP contribution is -1.99. The molecule has 0 unspecified atom stereocenters. The summed E-state index contributed by atoms with van der Waals surface area (Å²) < 4.78 is 24.8. The molecule has 0 aliphatic rings. The second kappa shape index (κ2) is 12.2. The van der Waals surface area contributed by atoms with Crippen LogP contribution in [0.3, 0.4) is 0 Å². The van der Waals surface area contributed by atoms with E-state index in [9.17, 15) is 0 Å². The predicted molar refractivity (Wildman–Crippen MR) is 152 cm³/mol. The minimum atomic E-state index is -2.96. The maximum absolute atomic E-state index is 6.21. The Bertz CT molecular complexity index is 1070. The molecule has 0 saturated heterocycles. The van der Waals surface area contributed by atoms with Crippen molar-refractivity contribution in [1.29, 1.82) is 0 Å². The van der Waals surface area contributed by atoms with Crippen LogP contribution in [0.2, 0.25) is 0 Å². The topological polar surface area (TPSA) is 36.9 Å². The lowest BCUT2D eigenvalue weighted by molar-refractivity contribution is 0.505. The normalized spacial score (nSPS) is 11.4. The smallest absolute Gasteiger partial charge is 0.359 e. The molecule has 0 aromatic heterocycles. The molecule has 0 N–H and O–H groups in total. The summed E-state index contributed by atoms with van der Waals surface area (Å²) in [4.78, 5) is 0. The molecule has 34 heavy (non-hydrogen) atoms. The Morgan fingerprint density at radius 1 is 0.382 bits per heavy atom. The predicted octanol–water partition coefficient (Wildman–Crippen LogP) is 9.13. The Hall–Kier alpha value is -1.92. The summed E-state index contributed by atoms with van der Waals surface area (Å²) >= 11 is 11.9. The van der Waals surface area contributed by atoms with Crippen molar-refractivity contribution in [2.45, 2.75) is 0 Å². The molecule has 0 radical (unpaired) electrons. The highest BCUT2D eigenvalue weighted by atomic mass is 33.5. The summed E-state index contributed by atoms with van der Waals surface area (Å²) in [6.45, 7) is 0. The van der Waals surface area contributed by atoms with Gasteiger partial charge in [0, 0.05) is 44.4 Å². The highest BCUT2D eigenvalue weighted by molar-refractivity contribution is 9.18. The quantitative estimate of drug-likeness (QED) is 0.132. The van der Waals surface area contributed by atoms with E-state index >= 15 is 0 Å². The van der Waals surface area contributed by atoms with Gasteiger partial charge in [-0.1, -0.05) is 72.8 Å². The van der Waals surface area contributed by atoms with Crippen molar-refractivity contribution in [3.63, 3.8) is 0 Å². The molecular weight excluding hydrogens is 542 g/mol. The van der Waals surface area contributed by atoms with Crippen molar-refractivity contribution >= 4 is 55.8 Å². The Morgan fingerprint density at radius 2 is 0.588 bits per heavy atom. The molecule has 4 nitrogen and oxygen atoms in total. The number of para-hydroxylation sites is 4. The molecule has 174 valence electrons. The highest BCUT2D eigenvalue weighted by Crippen LogP contribution is 2.75. The Labute approximate surface area is 217 Å². The Kier molecular flexibility index (Phi) is 9.01. The molecule has 0 fully saturated rings. The van der Waals surface area contributed by atoms with Gasteiger partial charge in [0.05, 0.1) is 0 Å². The van der Waals surface area contributed by atoms with Crippen LogP contribution in [0.5, 0.6) is 23.0 Å². The minimum Gasteiger partial charge on any atom is -0.428 e. The van der Waals surface area contributed by atoms with Gasteiger partial charge in [-0.15, -0.1) is 0 Å². The second-order valence-electron chi connectivity index (χ2n) is 6.66. The van der Waals surface area contributed by atoms with Crippen LogP contribution in [-0.4, -0.2) is 0 Å². The minimum absolute atomic E-state index is 0.621. The van der Waals surface area contributed by atoms with E-state index in [0.717, 1.165) is 0 Å². The molecule has 0 bridgehead atoms. The van der Waals surface area contributed by atoms with Crippen LogP contribution in [0.15, 0.2) is 121 Å². The van der Waals surface area contributed by atoms with Gasteiger partial charge in [0.25, 0.3) is 0 Å². The second-order valence-corrected chi connectivity index (χ2v) is 20.2. The van der Waals surface area contributed by atoms with Gasteiger partial charge in [-0.2, -0.15) is 0 Å². The zero-order chi connectivity index (χ0) is 23.7. The molecule has 0 aliphatic heterocycles. The third-order valence-electron chi connectivity index (χ3n) is 4.06. The van der Waals surface area contributed by atoms with Crippen LogP contribution in [-0.2, 0) is 23.6 Å². The summed E-state index contributed by atoms with van der Waals surface area (Å²) in [5.74, 6) is 2.49. The van der Waals surface area contributed by atoms with Crippen LogP contribution in [0.4, 0.5) is 0 Å². The number of hydrogen-bond donors (Lipinski definition) is 0. The lowest BCUT2D eigenvalue weighted by atomic mass is 10.3. The van der Waals surface area contributed by atoms with Gasteiger partial charge in [0.2, 0.25) is 0 Å². The molecule has 0 heterocycles. The van der Waals surface area contributed by atoms with Gasteiger partial charge in [0.15, 0.2) is 0 Å². The van der Waals surface area contributed by atoms with Crippen LogP contribution < -0.4 is 18.1 Å². The Balaban J connectivity index is 1.59. The van der Waals surface area contributed by atoms with Crippen LogP contribution in [0.25, 0.3) is 0 Å². The van der Waals surface area contributed by atoms with E-state index in [0.29, 0.717) is 23.0 Å². The van der Waals surface area contributed by atoms with E-state index in [4.69, 9.17) is 41.7 Å². The molecule has 0 amide bonds. The first-order valence-electron chi connectivity index (χ1n) is 10.1. The Morgan fingerprint density at radius 3 is 0.794 bits per heavy atom. The molecular formula is C24H20O4P2S4. The fourth-order valence-corrected chi connectivity index (χ4v) is 18.8. The summed E-state index contributed by atoms with van der Waals surface area (Å²) in [5.41, 5.74) is -5.91. The van der Waals surface area contributed by atoms with Gasteiger partial charge < -0.3 is 18.1 Å². The van der Waals surface area contributed by atoms with E-state index < -0.39 is 11.4 Å². The first-order chi connectivity index (χ1) is 16.5. The average Bonchev–Trinajstić information content (AvgIpc) is 2.85. The van der Waals surface area contributed by atoms with E-state index in [-0.39, 0.29) is 0 Å². The standard InChI is InChI=1S/C24H20O4P2S4/c31-29(25-21-13-5-1-6-14-21,26-22-15-7-2-8-16-22)33-34-30(32,27-23-17-9-3-10-18-23)28-24-19-11-4-12-20-24/h1-20H. The largest absolute Gasteiger partial charge is 0.428 e. The lowest BCUT2D eigenvalue weighted by Gasteiger charge is -2.26. The molecule has 4 aromatic carbocycles. The summed E-state index contributed by atoms with van der Waals surface area (Å²) in [5, 5.41) is 0. The number of hydrogen-bond acceptors (Lipinski definition) is 8. The first-order valence-corrected chi connectivity index (χ1v) is 18.7. The van der Waals surface area contributed by atoms with Crippen LogP contribution >= 0.6 is 32.2 Å². The van der Waals surface area contributed by atoms with E-state index in [2.05, 4.69) is 0 Å². The summed E-state index contributed by atoms with van der Waals surface area (Å²) in [6, 6.07) is 37.5. The SMILES string of the molecule is S=P(Oc1ccccc1)(Oc1ccccc1)SSP(=S)(Oc1ccccc1)Oc1ccccc1. The third kappa shape index (κ3) is 7.81. The molecule has 0 atom stereocenters. The fraction of sp³-hybridized carbons (Fsp3) is 0. The number of benzene rings is 4. The third-order valence-corrected chi connectivity index (χ3v) is 18.3. The average molecular weight is 563 g/mol. The van der Waals surface area contributed by atoms with Crippen molar-refractivity contribution in [2.75, 3.05) is 0 Å². The van der Waals surface area contributed by atoms with Crippen LogP contribution in [0, 0.1) is 0 Å². The summed E-state index contributed by atoms with van der Waals surface area (Å²) in [6.07, 6.45) is 0. The van der Waals surface area contributed by atoms with Gasteiger partial charge in [-0.25, -0.2) is 0 Å². The zero-order valence-corrected chi connectivity index (χ0v) is 22.8. The number of rotatable bonds is 11. The highest BCUT2D eigenvalue weighted by Gasteiger charge is 2.33. The first kappa shape index (κ1) is 25.2. The molecule has 0 spiro atoms. The molecule has 0 saturated carbocycles. The van der Waals surface area contributed by atoms with Crippen molar-refractivity contribution < 1.29 is 18.1 Å². The van der Waals surface area contributed by atoms with Crippen molar-refractivity contribution in [3.05, 3.63) is 121 Å². The van der Waals surface area contributed by atoms with Gasteiger partial charge in [0.1, 0.15) is 23.0 Å². The maximum Gasteiger partial charge on any atom is 0.359 e. The van der Waals surface area contributed by atoms with Crippen LogP contribution in [0.1, 0.15) is 0 Å². The fourth-order valence-electron chi connectivity index (χ4n) is 2.62. The monoisotopic (exact) mass is 562 g/mol. The van der Waals surface area contributed by atoms with Gasteiger partial charge in [-0.3, -0.25) is 0 Å².